The molecule has 1 aromatic rings. The average molecular weight is 366 g/mol. The first-order valence-electron chi connectivity index (χ1n) is 8.47. The second-order valence-electron chi connectivity index (χ2n) is 7.91. The number of nitrogens with one attached hydrogen (secondary N) is 1. The molecule has 4 aliphatic carbocycles. The molecule has 1 amide bonds. The molecule has 4 fully saturated rings. The molecular formula is C17H24BrN3O. The summed E-state index contributed by atoms with van der Waals surface area (Å²) in [6.45, 7) is 3.89. The highest BCUT2D eigenvalue weighted by atomic mass is 79.9. The van der Waals surface area contributed by atoms with Gasteiger partial charge >= 0.3 is 0 Å². The number of carbonyl (C=O) groups is 1. The van der Waals surface area contributed by atoms with E-state index in [1.165, 1.54) is 38.5 Å². The largest absolute Gasteiger partial charge is 0.349 e. The Hall–Kier alpha value is -0.840. The van der Waals surface area contributed by atoms with Crippen molar-refractivity contribution in [2.24, 2.45) is 17.8 Å². The Balaban J connectivity index is 1.49. The zero-order valence-corrected chi connectivity index (χ0v) is 14.9. The molecule has 120 valence electrons. The summed E-state index contributed by atoms with van der Waals surface area (Å²) in [5, 5.41) is 7.87. The summed E-state index contributed by atoms with van der Waals surface area (Å²) in [6.07, 6.45) is 9.68. The molecule has 22 heavy (non-hydrogen) atoms. The summed E-state index contributed by atoms with van der Waals surface area (Å²) in [7, 11) is 0. The van der Waals surface area contributed by atoms with Crippen LogP contribution >= 0.6 is 15.9 Å². The van der Waals surface area contributed by atoms with Gasteiger partial charge < -0.3 is 5.32 Å². The lowest BCUT2D eigenvalue weighted by molar-refractivity contribution is -0.129. The second kappa shape index (κ2) is 5.08. The molecule has 0 aromatic carbocycles. The first kappa shape index (κ1) is 14.7. The van der Waals surface area contributed by atoms with Crippen LogP contribution in [0.4, 0.5) is 0 Å². The molecule has 0 unspecified atom stereocenters. The van der Waals surface area contributed by atoms with Gasteiger partial charge in [0.05, 0.1) is 10.2 Å². The van der Waals surface area contributed by atoms with Crippen LogP contribution in [0.5, 0.6) is 0 Å². The maximum Gasteiger partial charge on any atom is 0.245 e. The van der Waals surface area contributed by atoms with Crippen LogP contribution in [0, 0.1) is 24.7 Å². The molecule has 1 aromatic heterocycles. The Morgan fingerprint density at radius 2 is 1.86 bits per heavy atom. The van der Waals surface area contributed by atoms with Crippen LogP contribution in [0.25, 0.3) is 0 Å². The van der Waals surface area contributed by atoms with Gasteiger partial charge in [-0.25, -0.2) is 0 Å². The number of aromatic nitrogens is 2. The van der Waals surface area contributed by atoms with Gasteiger partial charge in [-0.3, -0.25) is 9.48 Å². The fourth-order valence-corrected chi connectivity index (χ4v) is 5.70. The molecule has 4 aliphatic rings. The molecule has 5 heteroatoms. The Bertz CT molecular complexity index is 554. The first-order chi connectivity index (χ1) is 10.4. The van der Waals surface area contributed by atoms with Gasteiger partial charge in [-0.2, -0.15) is 5.10 Å². The van der Waals surface area contributed by atoms with Crippen molar-refractivity contribution in [2.75, 3.05) is 0 Å². The van der Waals surface area contributed by atoms with Gasteiger partial charge in [0, 0.05) is 11.7 Å². The van der Waals surface area contributed by atoms with Crippen molar-refractivity contribution >= 4 is 21.8 Å². The SMILES string of the molecule is Cc1nn([C@H](C)C(=O)NC23CC4CC(CC(C4)C2)C3)cc1Br. The monoisotopic (exact) mass is 365 g/mol. The normalized spacial score (nSPS) is 37.3. The lowest BCUT2D eigenvalue weighted by Gasteiger charge is -2.57. The van der Waals surface area contributed by atoms with Crippen molar-refractivity contribution in [1.82, 2.24) is 15.1 Å². The smallest absolute Gasteiger partial charge is 0.245 e. The number of halogens is 1. The Morgan fingerprint density at radius 1 is 1.32 bits per heavy atom. The molecule has 4 saturated carbocycles. The molecule has 1 heterocycles. The van der Waals surface area contributed by atoms with Gasteiger partial charge in [-0.05, 0) is 86.1 Å². The minimum atomic E-state index is -0.252. The van der Waals surface area contributed by atoms with Gasteiger partial charge in [-0.1, -0.05) is 0 Å². The topological polar surface area (TPSA) is 46.9 Å². The predicted molar refractivity (Wildman–Crippen MR) is 88.4 cm³/mol. The number of hydrogen-bond donors (Lipinski definition) is 1. The molecule has 0 spiro atoms. The van der Waals surface area contributed by atoms with Crippen molar-refractivity contribution in [1.29, 1.82) is 0 Å². The van der Waals surface area contributed by atoms with E-state index in [2.05, 4.69) is 26.3 Å². The van der Waals surface area contributed by atoms with Crippen molar-refractivity contribution in [3.63, 3.8) is 0 Å². The van der Waals surface area contributed by atoms with Gasteiger partial charge in [0.25, 0.3) is 0 Å². The number of hydrogen-bond acceptors (Lipinski definition) is 2. The standard InChI is InChI=1S/C17H24BrN3O/c1-10-15(18)9-21(20-10)11(2)16(22)19-17-6-12-3-13(7-17)5-14(4-12)8-17/h9,11-14H,3-8H2,1-2H3,(H,19,22)/t11-,12?,13?,14?,17?/m1/s1. The van der Waals surface area contributed by atoms with Gasteiger partial charge in [0.15, 0.2) is 0 Å². The van der Waals surface area contributed by atoms with Crippen molar-refractivity contribution < 1.29 is 4.79 Å². The summed E-state index contributed by atoms with van der Waals surface area (Å²) in [4.78, 5) is 12.8. The quantitative estimate of drug-likeness (QED) is 0.889. The van der Waals surface area contributed by atoms with E-state index in [-0.39, 0.29) is 17.5 Å². The van der Waals surface area contributed by atoms with Gasteiger partial charge in [-0.15, -0.1) is 0 Å². The minimum absolute atomic E-state index is 0.0829. The highest BCUT2D eigenvalue weighted by Crippen LogP contribution is 2.55. The molecule has 1 atom stereocenters. The van der Waals surface area contributed by atoms with Crippen LogP contribution in [-0.2, 0) is 4.79 Å². The van der Waals surface area contributed by atoms with Gasteiger partial charge in [0.2, 0.25) is 5.91 Å². The second-order valence-corrected chi connectivity index (χ2v) is 8.76. The molecule has 0 aliphatic heterocycles. The van der Waals surface area contributed by atoms with Crippen LogP contribution in [0.2, 0.25) is 0 Å². The summed E-state index contributed by atoms with van der Waals surface area (Å²) < 4.78 is 2.73. The summed E-state index contributed by atoms with van der Waals surface area (Å²) in [5.41, 5.74) is 1.01. The highest BCUT2D eigenvalue weighted by Gasteiger charge is 2.51. The van der Waals surface area contributed by atoms with Gasteiger partial charge in [0.1, 0.15) is 6.04 Å². The Labute approximate surface area is 140 Å². The van der Waals surface area contributed by atoms with Crippen LogP contribution < -0.4 is 5.32 Å². The number of rotatable bonds is 3. The highest BCUT2D eigenvalue weighted by molar-refractivity contribution is 9.10. The summed E-state index contributed by atoms with van der Waals surface area (Å²) in [5.74, 6) is 2.67. The fourth-order valence-electron chi connectivity index (χ4n) is 5.41. The molecule has 4 nitrogen and oxygen atoms in total. The van der Waals surface area contributed by atoms with E-state index in [1.54, 1.807) is 4.68 Å². The Morgan fingerprint density at radius 3 is 2.32 bits per heavy atom. The van der Waals surface area contributed by atoms with E-state index in [1.807, 2.05) is 20.0 Å². The Kier molecular flexibility index (Phi) is 3.40. The van der Waals surface area contributed by atoms with Crippen molar-refractivity contribution in [3.05, 3.63) is 16.4 Å². The number of nitrogens with zero attached hydrogens (tertiary/aromatic N) is 2. The number of carbonyl (C=O) groups excluding carboxylic acids is 1. The maximum absolute atomic E-state index is 12.8. The number of aryl methyl sites for hydroxylation is 1. The van der Waals surface area contributed by atoms with E-state index in [0.717, 1.165) is 27.9 Å². The zero-order valence-electron chi connectivity index (χ0n) is 13.3. The van der Waals surface area contributed by atoms with Crippen LogP contribution in [-0.4, -0.2) is 21.2 Å². The van der Waals surface area contributed by atoms with Crippen molar-refractivity contribution in [2.45, 2.75) is 64.0 Å². The average Bonchev–Trinajstić information content (AvgIpc) is 2.75. The van der Waals surface area contributed by atoms with E-state index in [0.29, 0.717) is 0 Å². The van der Waals surface area contributed by atoms with E-state index in [4.69, 9.17) is 0 Å². The van der Waals surface area contributed by atoms with E-state index in [9.17, 15) is 4.79 Å². The molecule has 5 rings (SSSR count). The number of amides is 1. The van der Waals surface area contributed by atoms with Crippen LogP contribution in [0.3, 0.4) is 0 Å². The van der Waals surface area contributed by atoms with Crippen molar-refractivity contribution in [3.8, 4) is 0 Å². The van der Waals surface area contributed by atoms with E-state index < -0.39 is 0 Å². The molecule has 0 saturated heterocycles. The third-order valence-corrected chi connectivity index (χ3v) is 6.84. The minimum Gasteiger partial charge on any atom is -0.349 e. The zero-order chi connectivity index (χ0) is 15.5. The van der Waals surface area contributed by atoms with Crippen LogP contribution in [0.1, 0.15) is 57.2 Å². The molecule has 4 bridgehead atoms. The summed E-state index contributed by atoms with van der Waals surface area (Å²) in [6, 6.07) is -0.252. The summed E-state index contributed by atoms with van der Waals surface area (Å²) >= 11 is 3.47. The lowest BCUT2D eigenvalue weighted by atomic mass is 9.53. The fraction of sp³-hybridized carbons (Fsp3) is 0.765. The molecular weight excluding hydrogens is 342 g/mol. The maximum atomic E-state index is 12.8. The molecule has 1 N–H and O–H groups in total. The van der Waals surface area contributed by atoms with E-state index >= 15 is 0 Å². The molecule has 0 radical (unpaired) electrons. The predicted octanol–water partition coefficient (Wildman–Crippen LogP) is 3.60. The third-order valence-electron chi connectivity index (χ3n) is 6.06. The van der Waals surface area contributed by atoms with Crippen LogP contribution in [0.15, 0.2) is 10.7 Å². The third kappa shape index (κ3) is 2.41. The first-order valence-corrected chi connectivity index (χ1v) is 9.27. The lowest BCUT2D eigenvalue weighted by Crippen LogP contribution is -2.60.